The first-order valence-corrected chi connectivity index (χ1v) is 6.71. The molecule has 0 fully saturated rings. The molecule has 0 unspecified atom stereocenters. The van der Waals surface area contributed by atoms with E-state index in [0.29, 0.717) is 11.4 Å². The Morgan fingerprint density at radius 2 is 1.62 bits per heavy atom. The summed E-state index contributed by atoms with van der Waals surface area (Å²) in [5, 5.41) is 0. The molecule has 0 radical (unpaired) electrons. The van der Waals surface area contributed by atoms with Crippen LogP contribution < -0.4 is 0 Å². The highest BCUT2D eigenvalue weighted by Gasteiger charge is 2.17. The second-order valence-corrected chi connectivity index (χ2v) is 5.54. The van der Waals surface area contributed by atoms with Gasteiger partial charge < -0.3 is 0 Å². The van der Waals surface area contributed by atoms with Crippen molar-refractivity contribution in [3.63, 3.8) is 0 Å². The number of hydrogen-bond acceptors (Lipinski definition) is 4. The fourth-order valence-electron chi connectivity index (χ4n) is 1.30. The third-order valence-corrected chi connectivity index (χ3v) is 3.34. The van der Waals surface area contributed by atoms with Gasteiger partial charge in [0.15, 0.2) is 5.82 Å². The first-order valence-electron chi connectivity index (χ1n) is 4.40. The van der Waals surface area contributed by atoms with Crippen molar-refractivity contribution in [3.05, 3.63) is 42.7 Å². The van der Waals surface area contributed by atoms with Crippen molar-refractivity contribution in [1.29, 1.82) is 0 Å². The summed E-state index contributed by atoms with van der Waals surface area (Å²) in [5.74, 6) is 0.335. The Morgan fingerprint density at radius 3 is 2.25 bits per heavy atom. The molecule has 6 heteroatoms. The normalized spacial score (nSPS) is 11.3. The van der Waals surface area contributed by atoms with Crippen LogP contribution in [0.25, 0.3) is 11.4 Å². The maximum absolute atomic E-state index is 11.3. The number of halogens is 1. The van der Waals surface area contributed by atoms with E-state index in [4.69, 9.17) is 10.7 Å². The molecule has 0 atom stereocenters. The lowest BCUT2D eigenvalue weighted by Gasteiger charge is -2.04. The van der Waals surface area contributed by atoms with Crippen LogP contribution in [0.4, 0.5) is 0 Å². The Morgan fingerprint density at radius 1 is 1.00 bits per heavy atom. The van der Waals surface area contributed by atoms with Crippen molar-refractivity contribution in [1.82, 2.24) is 9.97 Å². The Balaban J connectivity index is 2.68. The molecule has 0 aliphatic heterocycles. The van der Waals surface area contributed by atoms with Crippen LogP contribution in [-0.2, 0) is 9.05 Å². The molecule has 0 spiro atoms. The highest BCUT2D eigenvalue weighted by molar-refractivity contribution is 8.13. The molecule has 0 bridgehead atoms. The fourth-order valence-corrected chi connectivity index (χ4v) is 2.37. The van der Waals surface area contributed by atoms with Gasteiger partial charge in [-0.3, -0.25) is 0 Å². The summed E-state index contributed by atoms with van der Waals surface area (Å²) in [7, 11) is 1.54. The van der Waals surface area contributed by atoms with E-state index in [1.807, 2.05) is 0 Å². The fraction of sp³-hybridized carbons (Fsp3) is 0. The van der Waals surface area contributed by atoms with Crippen LogP contribution in [0, 0.1) is 0 Å². The van der Waals surface area contributed by atoms with E-state index in [2.05, 4.69) is 9.97 Å². The van der Waals surface area contributed by atoms with E-state index in [9.17, 15) is 8.42 Å². The summed E-state index contributed by atoms with van der Waals surface area (Å²) >= 11 is 0. The number of aromatic nitrogens is 2. The van der Waals surface area contributed by atoms with Crippen LogP contribution in [0.15, 0.2) is 47.6 Å². The molecule has 1 aromatic heterocycles. The lowest BCUT2D eigenvalue weighted by atomic mass is 10.2. The van der Waals surface area contributed by atoms with Gasteiger partial charge in [0.25, 0.3) is 9.05 Å². The molecule has 0 N–H and O–H groups in total. The predicted octanol–water partition coefficient (Wildman–Crippen LogP) is 2.07. The predicted molar refractivity (Wildman–Crippen MR) is 60.5 cm³/mol. The monoisotopic (exact) mass is 254 g/mol. The molecule has 0 saturated heterocycles. The van der Waals surface area contributed by atoms with Gasteiger partial charge in [0.05, 0.1) is 4.90 Å². The van der Waals surface area contributed by atoms with Gasteiger partial charge in [-0.05, 0) is 18.2 Å². The maximum atomic E-state index is 11.3. The zero-order valence-electron chi connectivity index (χ0n) is 8.04. The quantitative estimate of drug-likeness (QED) is 0.770. The van der Waals surface area contributed by atoms with Gasteiger partial charge in [0, 0.05) is 28.6 Å². The van der Waals surface area contributed by atoms with Crippen LogP contribution in [0.1, 0.15) is 0 Å². The summed E-state index contributed by atoms with van der Waals surface area (Å²) in [6.07, 6.45) is 3.08. The molecule has 1 heterocycles. The molecular weight excluding hydrogens is 248 g/mol. The zero-order valence-corrected chi connectivity index (χ0v) is 9.61. The third-order valence-electron chi connectivity index (χ3n) is 1.96. The Hall–Kier alpha value is -1.46. The van der Waals surface area contributed by atoms with Crippen LogP contribution in [0.2, 0.25) is 0 Å². The van der Waals surface area contributed by atoms with E-state index in [0.717, 1.165) is 0 Å². The van der Waals surface area contributed by atoms with E-state index in [-0.39, 0.29) is 4.90 Å². The summed E-state index contributed by atoms with van der Waals surface area (Å²) in [4.78, 5) is 7.99. The number of benzene rings is 1. The largest absolute Gasteiger partial charge is 0.262 e. The van der Waals surface area contributed by atoms with Gasteiger partial charge in [-0.15, -0.1) is 0 Å². The molecule has 0 aliphatic rings. The van der Waals surface area contributed by atoms with Gasteiger partial charge in [0.1, 0.15) is 0 Å². The van der Waals surface area contributed by atoms with Crippen molar-refractivity contribution >= 4 is 19.7 Å². The molecule has 4 nitrogen and oxygen atoms in total. The molecule has 82 valence electrons. The number of nitrogens with zero attached hydrogens (tertiary/aromatic N) is 2. The summed E-state index contributed by atoms with van der Waals surface area (Å²) < 4.78 is 22.7. The summed E-state index contributed by atoms with van der Waals surface area (Å²) in [6.45, 7) is 0. The summed E-state index contributed by atoms with van der Waals surface area (Å²) in [5.41, 5.74) is 0.401. The Kier molecular flexibility index (Phi) is 2.89. The number of rotatable bonds is 2. The Labute approximate surface area is 97.4 Å². The van der Waals surface area contributed by atoms with Crippen molar-refractivity contribution in [2.45, 2.75) is 4.90 Å². The van der Waals surface area contributed by atoms with Gasteiger partial charge in [-0.25, -0.2) is 18.4 Å². The first kappa shape index (κ1) is 11.0. The zero-order chi connectivity index (χ0) is 11.6. The van der Waals surface area contributed by atoms with E-state index in [1.54, 1.807) is 36.7 Å². The molecular formula is C10H7ClN2O2S. The van der Waals surface area contributed by atoms with Crippen molar-refractivity contribution in [2.75, 3.05) is 0 Å². The smallest absolute Gasteiger partial charge is 0.237 e. The minimum absolute atomic E-state index is 0.0165. The highest BCUT2D eigenvalue weighted by atomic mass is 35.7. The minimum Gasteiger partial charge on any atom is -0.237 e. The van der Waals surface area contributed by atoms with Crippen LogP contribution in [0.3, 0.4) is 0 Å². The topological polar surface area (TPSA) is 59.9 Å². The van der Waals surface area contributed by atoms with Crippen molar-refractivity contribution in [3.8, 4) is 11.4 Å². The molecule has 1 aromatic carbocycles. The maximum Gasteiger partial charge on any atom is 0.262 e. The molecule has 16 heavy (non-hydrogen) atoms. The standard InChI is InChI=1S/C10H7ClN2O2S/c11-16(14,15)9-5-2-1-4-8(9)10-12-6-3-7-13-10/h1-7H. The van der Waals surface area contributed by atoms with Crippen LogP contribution >= 0.6 is 10.7 Å². The SMILES string of the molecule is O=S(=O)(Cl)c1ccccc1-c1ncccn1. The van der Waals surface area contributed by atoms with E-state index < -0.39 is 9.05 Å². The average molecular weight is 255 g/mol. The number of hydrogen-bond donors (Lipinski definition) is 0. The second kappa shape index (κ2) is 4.19. The van der Waals surface area contributed by atoms with E-state index >= 15 is 0 Å². The molecule has 2 aromatic rings. The van der Waals surface area contributed by atoms with Gasteiger partial charge in [-0.2, -0.15) is 0 Å². The molecule has 0 saturated carbocycles. The molecule has 0 amide bonds. The highest BCUT2D eigenvalue weighted by Crippen LogP contribution is 2.26. The van der Waals surface area contributed by atoms with Gasteiger partial charge >= 0.3 is 0 Å². The lowest BCUT2D eigenvalue weighted by molar-refractivity contribution is 0.610. The van der Waals surface area contributed by atoms with E-state index in [1.165, 1.54) is 6.07 Å². The van der Waals surface area contributed by atoms with Crippen molar-refractivity contribution < 1.29 is 8.42 Å². The summed E-state index contributed by atoms with van der Waals surface area (Å²) in [6, 6.07) is 8.00. The third kappa shape index (κ3) is 2.20. The van der Waals surface area contributed by atoms with Crippen LogP contribution in [0.5, 0.6) is 0 Å². The second-order valence-electron chi connectivity index (χ2n) is 3.01. The average Bonchev–Trinajstić information content (AvgIpc) is 2.29. The minimum atomic E-state index is -3.79. The van der Waals surface area contributed by atoms with Gasteiger partial charge in [0.2, 0.25) is 0 Å². The van der Waals surface area contributed by atoms with Gasteiger partial charge in [-0.1, -0.05) is 12.1 Å². The van der Waals surface area contributed by atoms with Crippen LogP contribution in [-0.4, -0.2) is 18.4 Å². The lowest BCUT2D eigenvalue weighted by Crippen LogP contribution is -1.96. The molecule has 2 rings (SSSR count). The van der Waals surface area contributed by atoms with Crippen molar-refractivity contribution in [2.24, 2.45) is 0 Å². The molecule has 0 aliphatic carbocycles. The first-order chi connectivity index (χ1) is 7.59. The Bertz CT molecular complexity index is 599.